The average molecular weight is 319 g/mol. The van der Waals surface area contributed by atoms with Gasteiger partial charge in [-0.2, -0.15) is 0 Å². The molecule has 1 N–H and O–H groups in total. The molecule has 126 valence electrons. The van der Waals surface area contributed by atoms with Crippen LogP contribution in [0.3, 0.4) is 0 Å². The van der Waals surface area contributed by atoms with Gasteiger partial charge in [-0.3, -0.25) is 9.59 Å². The zero-order valence-electron chi connectivity index (χ0n) is 13.8. The maximum absolute atomic E-state index is 12.4. The highest BCUT2D eigenvalue weighted by Gasteiger charge is 2.27. The number of amides is 1. The number of hydrogen-bond acceptors (Lipinski definition) is 3. The fraction of sp³-hybridized carbons (Fsp3) is 0.556. The standard InChI is InChI=1S/C18H25NO4/c1-3-23-15-6-4-14(5-7-15)16(18(21)22)12-17(20)19-10-8-13(2)9-11-19/h4-7,13,16H,3,8-12H2,1-2H3,(H,21,22). The van der Waals surface area contributed by atoms with E-state index in [1.54, 1.807) is 29.2 Å². The molecule has 1 unspecified atom stereocenters. The second kappa shape index (κ2) is 7.99. The number of carbonyl (C=O) groups is 2. The molecule has 1 aliphatic rings. The number of likely N-dealkylation sites (tertiary alicyclic amines) is 1. The zero-order chi connectivity index (χ0) is 16.8. The van der Waals surface area contributed by atoms with Gasteiger partial charge in [0.25, 0.3) is 0 Å². The van der Waals surface area contributed by atoms with Crippen LogP contribution in [-0.4, -0.2) is 41.6 Å². The lowest BCUT2D eigenvalue weighted by Crippen LogP contribution is -2.39. The number of carbonyl (C=O) groups excluding carboxylic acids is 1. The van der Waals surface area contributed by atoms with Crippen LogP contribution in [0.25, 0.3) is 0 Å². The van der Waals surface area contributed by atoms with Crippen LogP contribution in [0.2, 0.25) is 0 Å². The summed E-state index contributed by atoms with van der Waals surface area (Å²) >= 11 is 0. The van der Waals surface area contributed by atoms with E-state index in [0.29, 0.717) is 23.8 Å². The van der Waals surface area contributed by atoms with Gasteiger partial charge in [-0.15, -0.1) is 0 Å². The summed E-state index contributed by atoms with van der Waals surface area (Å²) in [6.45, 7) is 6.10. The quantitative estimate of drug-likeness (QED) is 0.875. The van der Waals surface area contributed by atoms with Gasteiger partial charge in [0, 0.05) is 19.5 Å². The Hall–Kier alpha value is -2.04. The van der Waals surface area contributed by atoms with E-state index >= 15 is 0 Å². The molecule has 0 saturated carbocycles. The van der Waals surface area contributed by atoms with Crippen LogP contribution < -0.4 is 4.74 Å². The highest BCUT2D eigenvalue weighted by Crippen LogP contribution is 2.25. The highest BCUT2D eigenvalue weighted by molar-refractivity contribution is 5.85. The fourth-order valence-corrected chi connectivity index (χ4v) is 2.87. The van der Waals surface area contributed by atoms with Crippen LogP contribution >= 0.6 is 0 Å². The van der Waals surface area contributed by atoms with Gasteiger partial charge in [-0.05, 0) is 43.4 Å². The number of benzene rings is 1. The van der Waals surface area contributed by atoms with Crippen LogP contribution in [0.5, 0.6) is 5.75 Å². The lowest BCUT2D eigenvalue weighted by Gasteiger charge is -2.31. The average Bonchev–Trinajstić information content (AvgIpc) is 2.54. The van der Waals surface area contributed by atoms with Crippen molar-refractivity contribution < 1.29 is 19.4 Å². The van der Waals surface area contributed by atoms with Gasteiger partial charge >= 0.3 is 5.97 Å². The number of nitrogens with zero attached hydrogens (tertiary/aromatic N) is 1. The van der Waals surface area contributed by atoms with Crippen LogP contribution in [0, 0.1) is 5.92 Å². The van der Waals surface area contributed by atoms with Crippen molar-refractivity contribution in [1.82, 2.24) is 4.90 Å². The summed E-state index contributed by atoms with van der Waals surface area (Å²) in [5.41, 5.74) is 0.639. The minimum absolute atomic E-state index is 0.0116. The van der Waals surface area contributed by atoms with Crippen molar-refractivity contribution in [2.24, 2.45) is 5.92 Å². The first-order valence-electron chi connectivity index (χ1n) is 8.24. The topological polar surface area (TPSA) is 66.8 Å². The summed E-state index contributed by atoms with van der Waals surface area (Å²) in [6.07, 6.45) is 2.00. The third kappa shape index (κ3) is 4.71. The number of piperidine rings is 1. The maximum Gasteiger partial charge on any atom is 0.311 e. The van der Waals surface area contributed by atoms with E-state index in [9.17, 15) is 14.7 Å². The molecule has 1 heterocycles. The number of rotatable bonds is 6. The molecule has 5 heteroatoms. The molecule has 1 aliphatic heterocycles. The second-order valence-electron chi connectivity index (χ2n) is 6.16. The summed E-state index contributed by atoms with van der Waals surface area (Å²) in [6, 6.07) is 6.97. The van der Waals surface area contributed by atoms with Gasteiger partial charge in [0.15, 0.2) is 0 Å². The van der Waals surface area contributed by atoms with Gasteiger partial charge in [0.05, 0.1) is 12.5 Å². The van der Waals surface area contributed by atoms with Gasteiger partial charge in [0.2, 0.25) is 5.91 Å². The van der Waals surface area contributed by atoms with Crippen LogP contribution in [0.4, 0.5) is 0 Å². The van der Waals surface area contributed by atoms with Gasteiger partial charge in [-0.25, -0.2) is 0 Å². The van der Waals surface area contributed by atoms with E-state index in [4.69, 9.17) is 4.74 Å². The molecule has 0 aliphatic carbocycles. The van der Waals surface area contributed by atoms with Crippen molar-refractivity contribution in [3.63, 3.8) is 0 Å². The van der Waals surface area contributed by atoms with E-state index in [2.05, 4.69) is 6.92 Å². The monoisotopic (exact) mass is 319 g/mol. The predicted octanol–water partition coefficient (Wildman–Crippen LogP) is 2.90. The first kappa shape index (κ1) is 17.3. The van der Waals surface area contributed by atoms with Crippen molar-refractivity contribution in [3.8, 4) is 5.75 Å². The molecule has 23 heavy (non-hydrogen) atoms. The number of aliphatic carboxylic acids is 1. The SMILES string of the molecule is CCOc1ccc(C(CC(=O)N2CCC(C)CC2)C(=O)O)cc1. The van der Waals surface area contributed by atoms with Gasteiger partial charge < -0.3 is 14.7 Å². The zero-order valence-corrected chi connectivity index (χ0v) is 13.8. The van der Waals surface area contributed by atoms with Gasteiger partial charge in [-0.1, -0.05) is 19.1 Å². The molecule has 0 aromatic heterocycles. The molecular weight excluding hydrogens is 294 g/mol. The molecule has 0 bridgehead atoms. The van der Waals surface area contributed by atoms with E-state index in [1.165, 1.54) is 0 Å². The molecule has 2 rings (SSSR count). The number of carboxylic acids is 1. The molecule has 1 fully saturated rings. The van der Waals surface area contributed by atoms with E-state index in [1.807, 2.05) is 6.92 Å². The number of carboxylic acid groups (broad SMARTS) is 1. The van der Waals surface area contributed by atoms with E-state index in [-0.39, 0.29) is 12.3 Å². The molecule has 5 nitrogen and oxygen atoms in total. The van der Waals surface area contributed by atoms with Crippen molar-refractivity contribution in [2.45, 2.75) is 39.0 Å². The maximum atomic E-state index is 12.4. The van der Waals surface area contributed by atoms with Crippen molar-refractivity contribution in [2.75, 3.05) is 19.7 Å². The molecule has 1 atom stereocenters. The smallest absolute Gasteiger partial charge is 0.311 e. The highest BCUT2D eigenvalue weighted by atomic mass is 16.5. The molecular formula is C18H25NO4. The Bertz CT molecular complexity index is 532. The third-order valence-electron chi connectivity index (χ3n) is 4.41. The molecule has 0 spiro atoms. The number of ether oxygens (including phenoxy) is 1. The Morgan fingerprint density at radius 1 is 1.26 bits per heavy atom. The third-order valence-corrected chi connectivity index (χ3v) is 4.41. The van der Waals surface area contributed by atoms with Crippen LogP contribution in [-0.2, 0) is 9.59 Å². The molecule has 1 saturated heterocycles. The normalized spacial score (nSPS) is 16.9. The predicted molar refractivity (Wildman–Crippen MR) is 87.6 cm³/mol. The fourth-order valence-electron chi connectivity index (χ4n) is 2.87. The van der Waals surface area contributed by atoms with Crippen LogP contribution in [0.1, 0.15) is 44.6 Å². The minimum atomic E-state index is -0.965. The molecule has 1 aromatic rings. The Labute approximate surface area is 137 Å². The van der Waals surface area contributed by atoms with Gasteiger partial charge in [0.1, 0.15) is 5.75 Å². The summed E-state index contributed by atoms with van der Waals surface area (Å²) in [7, 11) is 0. The lowest BCUT2D eigenvalue weighted by molar-refractivity contribution is -0.143. The molecule has 1 amide bonds. The lowest BCUT2D eigenvalue weighted by atomic mass is 9.93. The van der Waals surface area contributed by atoms with Crippen molar-refractivity contribution in [3.05, 3.63) is 29.8 Å². The Morgan fingerprint density at radius 3 is 2.39 bits per heavy atom. The first-order valence-corrected chi connectivity index (χ1v) is 8.24. The van der Waals surface area contributed by atoms with Crippen molar-refractivity contribution >= 4 is 11.9 Å². The first-order chi connectivity index (χ1) is 11.0. The van der Waals surface area contributed by atoms with E-state index in [0.717, 1.165) is 25.9 Å². The second-order valence-corrected chi connectivity index (χ2v) is 6.16. The summed E-state index contributed by atoms with van der Waals surface area (Å²) in [5.74, 6) is -0.499. The molecule has 0 radical (unpaired) electrons. The summed E-state index contributed by atoms with van der Waals surface area (Å²) < 4.78 is 5.36. The Balaban J connectivity index is 2.03. The Morgan fingerprint density at radius 2 is 1.87 bits per heavy atom. The summed E-state index contributed by atoms with van der Waals surface area (Å²) in [5, 5.41) is 9.49. The molecule has 1 aromatic carbocycles. The number of hydrogen-bond donors (Lipinski definition) is 1. The van der Waals surface area contributed by atoms with Crippen molar-refractivity contribution in [1.29, 1.82) is 0 Å². The van der Waals surface area contributed by atoms with Crippen LogP contribution in [0.15, 0.2) is 24.3 Å². The minimum Gasteiger partial charge on any atom is -0.494 e. The summed E-state index contributed by atoms with van der Waals surface area (Å²) in [4.78, 5) is 25.8. The largest absolute Gasteiger partial charge is 0.494 e. The van der Waals surface area contributed by atoms with E-state index < -0.39 is 11.9 Å². The Kier molecular flexibility index (Phi) is 6.02.